The first-order valence-electron chi connectivity index (χ1n) is 7.93. The zero-order valence-electron chi connectivity index (χ0n) is 13.7. The number of rotatable bonds is 4. The molecule has 1 amide bonds. The number of benzodiazepines with no additional fused rings is 1. The fourth-order valence-corrected chi connectivity index (χ4v) is 2.92. The average molecular weight is 338 g/mol. The van der Waals surface area contributed by atoms with E-state index in [0.29, 0.717) is 17.0 Å². The summed E-state index contributed by atoms with van der Waals surface area (Å²) in [5.74, 6) is -1.11. The number of anilines is 1. The summed E-state index contributed by atoms with van der Waals surface area (Å²) >= 11 is 0. The van der Waals surface area contributed by atoms with Gasteiger partial charge in [-0.15, -0.1) is 0 Å². The average Bonchev–Trinajstić information content (AvgIpc) is 2.70. The Morgan fingerprint density at radius 1 is 1.20 bits per heavy atom. The van der Waals surface area contributed by atoms with E-state index in [4.69, 9.17) is 5.11 Å². The zero-order chi connectivity index (χ0) is 18.0. The summed E-state index contributed by atoms with van der Waals surface area (Å²) in [6, 6.07) is 13.2. The van der Waals surface area contributed by atoms with Gasteiger partial charge < -0.3 is 15.1 Å². The van der Waals surface area contributed by atoms with Gasteiger partial charge in [0.15, 0.2) is 0 Å². The van der Waals surface area contributed by atoms with Gasteiger partial charge in [0.25, 0.3) is 5.91 Å². The predicted molar refractivity (Wildman–Crippen MR) is 94.3 cm³/mol. The molecule has 1 aliphatic rings. The third-order valence-corrected chi connectivity index (χ3v) is 4.17. The van der Waals surface area contributed by atoms with Crippen molar-refractivity contribution in [2.75, 3.05) is 11.9 Å². The second kappa shape index (κ2) is 6.76. The lowest BCUT2D eigenvalue weighted by molar-refractivity contribution is -0.137. The monoisotopic (exact) mass is 338 g/mol. The van der Waals surface area contributed by atoms with Crippen molar-refractivity contribution in [2.24, 2.45) is 4.99 Å². The Labute approximate surface area is 145 Å². The number of aromatic hydroxyl groups is 1. The van der Waals surface area contributed by atoms with E-state index in [1.54, 1.807) is 31.3 Å². The lowest BCUT2D eigenvalue weighted by Gasteiger charge is -2.20. The summed E-state index contributed by atoms with van der Waals surface area (Å²) in [7, 11) is 1.66. The van der Waals surface area contributed by atoms with E-state index in [0.717, 1.165) is 5.56 Å². The predicted octanol–water partition coefficient (Wildman–Crippen LogP) is 2.44. The van der Waals surface area contributed by atoms with Crippen LogP contribution in [0.5, 0.6) is 5.75 Å². The first kappa shape index (κ1) is 16.7. The molecular formula is C19H18N2O4. The molecule has 0 saturated carbocycles. The molecule has 1 atom stereocenters. The molecule has 128 valence electrons. The van der Waals surface area contributed by atoms with Gasteiger partial charge in [0, 0.05) is 24.6 Å². The molecule has 2 aromatic rings. The Morgan fingerprint density at radius 3 is 2.68 bits per heavy atom. The van der Waals surface area contributed by atoms with Crippen molar-refractivity contribution >= 4 is 23.3 Å². The molecule has 1 aliphatic heterocycles. The van der Waals surface area contributed by atoms with Gasteiger partial charge in [-0.2, -0.15) is 0 Å². The molecule has 0 radical (unpaired) electrons. The number of benzene rings is 2. The van der Waals surface area contributed by atoms with Crippen molar-refractivity contribution in [3.8, 4) is 5.75 Å². The molecule has 0 aromatic heterocycles. The number of para-hydroxylation sites is 1. The first-order valence-corrected chi connectivity index (χ1v) is 7.93. The molecule has 0 saturated heterocycles. The molecule has 1 heterocycles. The number of amides is 1. The minimum atomic E-state index is -0.966. The quantitative estimate of drug-likeness (QED) is 0.896. The number of aliphatic carboxylic acids is 1. The second-order valence-corrected chi connectivity index (χ2v) is 5.89. The van der Waals surface area contributed by atoms with Crippen molar-refractivity contribution < 1.29 is 19.8 Å². The number of aliphatic imine (C=N–C) groups is 1. The maximum atomic E-state index is 12.7. The van der Waals surface area contributed by atoms with Crippen LogP contribution >= 0.6 is 0 Å². The zero-order valence-corrected chi connectivity index (χ0v) is 13.7. The van der Waals surface area contributed by atoms with Crippen LogP contribution in [0, 0.1) is 0 Å². The fraction of sp³-hybridized carbons (Fsp3) is 0.211. The van der Waals surface area contributed by atoms with Gasteiger partial charge in [-0.25, -0.2) is 0 Å². The highest BCUT2D eigenvalue weighted by molar-refractivity contribution is 6.20. The van der Waals surface area contributed by atoms with E-state index >= 15 is 0 Å². The highest BCUT2D eigenvalue weighted by Crippen LogP contribution is 2.29. The Bertz CT molecular complexity index is 860. The molecule has 1 unspecified atom stereocenters. The third kappa shape index (κ3) is 3.38. The molecule has 0 spiro atoms. The summed E-state index contributed by atoms with van der Waals surface area (Å²) in [5.41, 5.74) is 2.71. The van der Waals surface area contributed by atoms with Crippen LogP contribution in [-0.4, -0.2) is 40.9 Å². The Balaban J connectivity index is 2.15. The number of carboxylic acid groups (broad SMARTS) is 1. The minimum absolute atomic E-state index is 0.101. The van der Waals surface area contributed by atoms with Gasteiger partial charge in [-0.1, -0.05) is 30.3 Å². The van der Waals surface area contributed by atoms with Crippen LogP contribution < -0.4 is 4.90 Å². The fourth-order valence-electron chi connectivity index (χ4n) is 2.92. The smallest absolute Gasteiger partial charge is 0.303 e. The molecule has 6 heteroatoms. The van der Waals surface area contributed by atoms with Gasteiger partial charge in [0.05, 0.1) is 11.4 Å². The number of phenolic OH excluding ortho intramolecular Hbond substituents is 1. The van der Waals surface area contributed by atoms with Crippen molar-refractivity contribution in [3.63, 3.8) is 0 Å². The normalized spacial score (nSPS) is 16.8. The van der Waals surface area contributed by atoms with Crippen molar-refractivity contribution in [2.45, 2.75) is 18.9 Å². The largest absolute Gasteiger partial charge is 0.508 e. The summed E-state index contributed by atoms with van der Waals surface area (Å²) in [5, 5.41) is 18.8. The molecular weight excluding hydrogens is 320 g/mol. The Kier molecular flexibility index (Phi) is 4.52. The number of carbonyl (C=O) groups excluding carboxylic acids is 1. The van der Waals surface area contributed by atoms with Crippen molar-refractivity contribution in [1.29, 1.82) is 0 Å². The molecule has 6 nitrogen and oxygen atoms in total. The summed E-state index contributed by atoms with van der Waals surface area (Å²) in [4.78, 5) is 29.8. The van der Waals surface area contributed by atoms with Gasteiger partial charge in [0.1, 0.15) is 11.8 Å². The number of carbonyl (C=O) groups is 2. The van der Waals surface area contributed by atoms with Crippen LogP contribution in [0.3, 0.4) is 0 Å². The number of nitrogens with zero attached hydrogens (tertiary/aromatic N) is 2. The van der Waals surface area contributed by atoms with E-state index in [-0.39, 0.29) is 24.5 Å². The first-order chi connectivity index (χ1) is 12.0. The van der Waals surface area contributed by atoms with E-state index < -0.39 is 12.0 Å². The molecule has 2 N–H and O–H groups in total. The van der Waals surface area contributed by atoms with Crippen LogP contribution in [0.4, 0.5) is 5.69 Å². The topological polar surface area (TPSA) is 90.2 Å². The third-order valence-electron chi connectivity index (χ3n) is 4.17. The number of hydrogen-bond acceptors (Lipinski definition) is 4. The Morgan fingerprint density at radius 2 is 1.96 bits per heavy atom. The molecule has 25 heavy (non-hydrogen) atoms. The van der Waals surface area contributed by atoms with Crippen LogP contribution in [-0.2, 0) is 9.59 Å². The van der Waals surface area contributed by atoms with Crippen molar-refractivity contribution in [1.82, 2.24) is 0 Å². The summed E-state index contributed by atoms with van der Waals surface area (Å²) in [6.45, 7) is 0. The highest BCUT2D eigenvalue weighted by Gasteiger charge is 2.30. The second-order valence-electron chi connectivity index (χ2n) is 5.89. The van der Waals surface area contributed by atoms with Gasteiger partial charge in [-0.05, 0) is 24.6 Å². The van der Waals surface area contributed by atoms with Gasteiger partial charge >= 0.3 is 5.97 Å². The summed E-state index contributed by atoms with van der Waals surface area (Å²) < 4.78 is 0. The molecule has 0 bridgehead atoms. The minimum Gasteiger partial charge on any atom is -0.508 e. The van der Waals surface area contributed by atoms with Crippen molar-refractivity contribution in [3.05, 3.63) is 59.7 Å². The van der Waals surface area contributed by atoms with Gasteiger partial charge in [0.2, 0.25) is 0 Å². The SMILES string of the molecule is CN1C(=O)C(CCC(=O)O)N=C(c2cccc(O)c2)c2ccccc21. The van der Waals surface area contributed by atoms with Crippen LogP contribution in [0.2, 0.25) is 0 Å². The number of hydrogen-bond donors (Lipinski definition) is 2. The maximum Gasteiger partial charge on any atom is 0.303 e. The maximum absolute atomic E-state index is 12.7. The van der Waals surface area contributed by atoms with E-state index in [1.165, 1.54) is 4.90 Å². The highest BCUT2D eigenvalue weighted by atomic mass is 16.4. The Hall–Kier alpha value is -3.15. The van der Waals surface area contributed by atoms with E-state index in [1.807, 2.05) is 24.3 Å². The standard InChI is InChI=1S/C19H18N2O4/c1-21-16-8-3-2-7-14(16)18(12-5-4-6-13(22)11-12)20-15(19(21)25)9-10-17(23)24/h2-8,11,15,22H,9-10H2,1H3,(H,23,24). The lowest BCUT2D eigenvalue weighted by atomic mass is 10.00. The number of fused-ring (bicyclic) bond motifs is 1. The molecule has 2 aromatic carbocycles. The lowest BCUT2D eigenvalue weighted by Crippen LogP contribution is -2.35. The number of phenols is 1. The van der Waals surface area contributed by atoms with Crippen LogP contribution in [0.25, 0.3) is 0 Å². The molecule has 0 fully saturated rings. The van der Waals surface area contributed by atoms with E-state index in [9.17, 15) is 14.7 Å². The van der Waals surface area contributed by atoms with Gasteiger partial charge in [-0.3, -0.25) is 14.6 Å². The van der Waals surface area contributed by atoms with Crippen LogP contribution in [0.1, 0.15) is 24.0 Å². The number of likely N-dealkylation sites (N-methyl/N-ethyl adjacent to an activating group) is 1. The molecule has 0 aliphatic carbocycles. The van der Waals surface area contributed by atoms with Crippen LogP contribution in [0.15, 0.2) is 53.5 Å². The van der Waals surface area contributed by atoms with E-state index in [2.05, 4.69) is 4.99 Å². The molecule has 3 rings (SSSR count). The summed E-state index contributed by atoms with van der Waals surface area (Å²) in [6.07, 6.45) is -0.0216. The number of carboxylic acids is 1.